The van der Waals surface area contributed by atoms with Gasteiger partial charge in [-0.15, -0.1) is 0 Å². The Balaban J connectivity index is 1.60. The average molecular weight is 347 g/mol. The number of hydrogen-bond donors (Lipinski definition) is 2. The van der Waals surface area contributed by atoms with Gasteiger partial charge < -0.3 is 20.3 Å². The Morgan fingerprint density at radius 1 is 1.32 bits per heavy atom. The van der Waals surface area contributed by atoms with Crippen LogP contribution in [0.2, 0.25) is 0 Å². The summed E-state index contributed by atoms with van der Waals surface area (Å²) >= 11 is 0. The van der Waals surface area contributed by atoms with E-state index in [4.69, 9.17) is 4.74 Å². The van der Waals surface area contributed by atoms with Crippen molar-refractivity contribution in [1.82, 2.24) is 15.5 Å². The van der Waals surface area contributed by atoms with Crippen molar-refractivity contribution < 1.29 is 4.74 Å². The van der Waals surface area contributed by atoms with Crippen LogP contribution >= 0.6 is 0 Å². The van der Waals surface area contributed by atoms with Gasteiger partial charge >= 0.3 is 0 Å². The maximum Gasteiger partial charge on any atom is 0.191 e. The summed E-state index contributed by atoms with van der Waals surface area (Å²) in [6.07, 6.45) is 5.17. The molecule has 1 heterocycles. The van der Waals surface area contributed by atoms with Crippen LogP contribution in [0.1, 0.15) is 38.2 Å². The molecule has 0 saturated carbocycles. The monoisotopic (exact) mass is 346 g/mol. The normalized spacial score (nSPS) is 18.8. The Hall–Kier alpha value is -1.75. The molecule has 0 bridgehead atoms. The zero-order valence-corrected chi connectivity index (χ0v) is 16.1. The van der Waals surface area contributed by atoms with Crippen LogP contribution in [-0.4, -0.2) is 51.2 Å². The lowest BCUT2D eigenvalue weighted by Crippen LogP contribution is -2.38. The van der Waals surface area contributed by atoms with Gasteiger partial charge in [0.2, 0.25) is 0 Å². The Morgan fingerprint density at radius 2 is 2.20 bits per heavy atom. The highest BCUT2D eigenvalue weighted by Crippen LogP contribution is 2.15. The molecule has 1 aromatic carbocycles. The third-order valence-corrected chi connectivity index (χ3v) is 4.75. The first-order chi connectivity index (χ1) is 12.2. The molecule has 0 radical (unpaired) electrons. The highest BCUT2D eigenvalue weighted by molar-refractivity contribution is 5.79. The molecule has 140 valence electrons. The Labute approximate surface area is 152 Å². The van der Waals surface area contributed by atoms with Gasteiger partial charge in [-0.3, -0.25) is 4.99 Å². The first-order valence-corrected chi connectivity index (χ1v) is 9.51. The quantitative estimate of drug-likeness (QED) is 0.432. The SMILES string of the molecule is CN=C(NCCCCN1CCCC(C)C1)NCc1cccc(OC)c1. The second-order valence-electron chi connectivity index (χ2n) is 6.96. The number of aliphatic imine (C=N–C) groups is 1. The summed E-state index contributed by atoms with van der Waals surface area (Å²) in [5.74, 6) is 2.61. The molecular weight excluding hydrogens is 312 g/mol. The molecule has 0 amide bonds. The summed E-state index contributed by atoms with van der Waals surface area (Å²) in [6, 6.07) is 8.09. The lowest BCUT2D eigenvalue weighted by Gasteiger charge is -2.30. The lowest BCUT2D eigenvalue weighted by atomic mass is 10.0. The van der Waals surface area contributed by atoms with Crippen molar-refractivity contribution in [3.05, 3.63) is 29.8 Å². The highest BCUT2D eigenvalue weighted by atomic mass is 16.5. The van der Waals surface area contributed by atoms with Crippen molar-refractivity contribution in [3.8, 4) is 5.75 Å². The van der Waals surface area contributed by atoms with E-state index in [9.17, 15) is 0 Å². The van der Waals surface area contributed by atoms with Crippen LogP contribution in [0.15, 0.2) is 29.3 Å². The van der Waals surface area contributed by atoms with Crippen LogP contribution < -0.4 is 15.4 Å². The van der Waals surface area contributed by atoms with Crippen LogP contribution in [0.25, 0.3) is 0 Å². The molecule has 1 atom stereocenters. The molecule has 2 rings (SSSR count). The fraction of sp³-hybridized carbons (Fsp3) is 0.650. The number of unbranched alkanes of at least 4 members (excludes halogenated alkanes) is 1. The third-order valence-electron chi connectivity index (χ3n) is 4.75. The van der Waals surface area contributed by atoms with Crippen LogP contribution in [0, 0.1) is 5.92 Å². The van der Waals surface area contributed by atoms with Gasteiger partial charge in [-0.2, -0.15) is 0 Å². The van der Waals surface area contributed by atoms with E-state index in [1.807, 2.05) is 25.2 Å². The standard InChI is InChI=1S/C20H34N4O/c1-17-8-7-13-24(16-17)12-5-4-11-22-20(21-2)23-15-18-9-6-10-19(14-18)25-3/h6,9-10,14,17H,4-5,7-8,11-13,15-16H2,1-3H3,(H2,21,22,23). The number of nitrogens with one attached hydrogen (secondary N) is 2. The van der Waals surface area contributed by atoms with Gasteiger partial charge in [0.1, 0.15) is 5.75 Å². The first kappa shape index (κ1) is 19.6. The van der Waals surface area contributed by atoms with Crippen molar-refractivity contribution >= 4 is 5.96 Å². The summed E-state index contributed by atoms with van der Waals surface area (Å²) in [5, 5.41) is 6.76. The van der Waals surface area contributed by atoms with Gasteiger partial charge in [0.05, 0.1) is 7.11 Å². The van der Waals surface area contributed by atoms with E-state index in [0.29, 0.717) is 0 Å². The molecule has 2 N–H and O–H groups in total. The topological polar surface area (TPSA) is 48.9 Å². The van der Waals surface area contributed by atoms with E-state index in [2.05, 4.69) is 33.5 Å². The van der Waals surface area contributed by atoms with Crippen LogP contribution in [0.4, 0.5) is 0 Å². The van der Waals surface area contributed by atoms with Crippen LogP contribution in [0.5, 0.6) is 5.75 Å². The van der Waals surface area contributed by atoms with Gasteiger partial charge in [-0.05, 0) is 62.4 Å². The number of nitrogens with zero attached hydrogens (tertiary/aromatic N) is 2. The average Bonchev–Trinajstić information content (AvgIpc) is 2.64. The number of likely N-dealkylation sites (tertiary alicyclic amines) is 1. The lowest BCUT2D eigenvalue weighted by molar-refractivity contribution is 0.181. The maximum absolute atomic E-state index is 5.26. The van der Waals surface area contributed by atoms with E-state index >= 15 is 0 Å². The molecule has 1 fully saturated rings. The second kappa shape index (κ2) is 11.0. The number of hydrogen-bond acceptors (Lipinski definition) is 3. The summed E-state index contributed by atoms with van der Waals surface area (Å²) < 4.78 is 5.26. The summed E-state index contributed by atoms with van der Waals surface area (Å²) in [4.78, 5) is 6.91. The van der Waals surface area contributed by atoms with Gasteiger partial charge in [0.15, 0.2) is 5.96 Å². The van der Waals surface area contributed by atoms with Crippen molar-refractivity contribution in [1.29, 1.82) is 0 Å². The molecule has 0 spiro atoms. The molecule has 5 heteroatoms. The first-order valence-electron chi connectivity index (χ1n) is 9.51. The molecule has 1 unspecified atom stereocenters. The van der Waals surface area contributed by atoms with E-state index in [1.165, 1.54) is 50.9 Å². The zero-order valence-electron chi connectivity index (χ0n) is 16.1. The van der Waals surface area contributed by atoms with Crippen molar-refractivity contribution in [2.75, 3.05) is 40.3 Å². The van der Waals surface area contributed by atoms with E-state index in [1.54, 1.807) is 7.11 Å². The number of ether oxygens (including phenoxy) is 1. The van der Waals surface area contributed by atoms with Gasteiger partial charge in [-0.1, -0.05) is 19.1 Å². The Kier molecular flexibility index (Phi) is 8.60. The van der Waals surface area contributed by atoms with Crippen molar-refractivity contribution in [2.24, 2.45) is 10.9 Å². The van der Waals surface area contributed by atoms with Gasteiger partial charge in [-0.25, -0.2) is 0 Å². The Morgan fingerprint density at radius 3 is 2.96 bits per heavy atom. The minimum atomic E-state index is 0.739. The summed E-state index contributed by atoms with van der Waals surface area (Å²) in [6.45, 7) is 7.84. The van der Waals surface area contributed by atoms with E-state index < -0.39 is 0 Å². The van der Waals surface area contributed by atoms with Gasteiger partial charge in [0, 0.05) is 26.7 Å². The number of guanidine groups is 1. The fourth-order valence-electron chi connectivity index (χ4n) is 3.35. The molecule has 0 aliphatic carbocycles. The predicted molar refractivity (Wildman–Crippen MR) is 105 cm³/mol. The number of piperidine rings is 1. The smallest absolute Gasteiger partial charge is 0.191 e. The van der Waals surface area contributed by atoms with E-state index in [0.717, 1.165) is 30.7 Å². The minimum absolute atomic E-state index is 0.739. The highest BCUT2D eigenvalue weighted by Gasteiger charge is 2.15. The zero-order chi connectivity index (χ0) is 17.9. The molecule has 1 aromatic rings. The number of rotatable bonds is 8. The minimum Gasteiger partial charge on any atom is -0.497 e. The third kappa shape index (κ3) is 7.34. The molecule has 25 heavy (non-hydrogen) atoms. The van der Waals surface area contributed by atoms with Crippen molar-refractivity contribution in [2.45, 2.75) is 39.2 Å². The second-order valence-corrected chi connectivity index (χ2v) is 6.96. The predicted octanol–water partition coefficient (Wildman–Crippen LogP) is 2.87. The number of benzene rings is 1. The molecule has 1 aliphatic rings. The maximum atomic E-state index is 5.26. The molecule has 0 aromatic heterocycles. The number of methoxy groups -OCH3 is 1. The summed E-state index contributed by atoms with van der Waals surface area (Å²) in [5.41, 5.74) is 1.18. The van der Waals surface area contributed by atoms with E-state index in [-0.39, 0.29) is 0 Å². The Bertz CT molecular complexity index is 532. The fourth-order valence-corrected chi connectivity index (χ4v) is 3.35. The van der Waals surface area contributed by atoms with Gasteiger partial charge in [0.25, 0.3) is 0 Å². The largest absolute Gasteiger partial charge is 0.497 e. The van der Waals surface area contributed by atoms with Crippen molar-refractivity contribution in [3.63, 3.8) is 0 Å². The molecule has 5 nitrogen and oxygen atoms in total. The molecular formula is C20H34N4O. The summed E-state index contributed by atoms with van der Waals surface area (Å²) in [7, 11) is 3.51. The molecule has 1 saturated heterocycles. The van der Waals surface area contributed by atoms with Crippen LogP contribution in [0.3, 0.4) is 0 Å². The molecule has 1 aliphatic heterocycles. The van der Waals surface area contributed by atoms with Crippen LogP contribution in [-0.2, 0) is 6.54 Å².